The van der Waals surface area contributed by atoms with Gasteiger partial charge in [-0.25, -0.2) is 9.67 Å². The molecule has 5 rings (SSSR count). The number of rotatable bonds is 8. The molecule has 1 fully saturated rings. The second kappa shape index (κ2) is 11.1. The van der Waals surface area contributed by atoms with Gasteiger partial charge in [0.1, 0.15) is 11.3 Å². The van der Waals surface area contributed by atoms with Crippen LogP contribution in [0.3, 0.4) is 0 Å². The third-order valence-corrected chi connectivity index (χ3v) is 6.56. The summed E-state index contributed by atoms with van der Waals surface area (Å²) < 4.78 is 13.9. The molecular weight excluding hydrogens is 462 g/mol. The van der Waals surface area contributed by atoms with Gasteiger partial charge in [-0.1, -0.05) is 67.8 Å². The molecule has 0 aliphatic carbocycles. The Morgan fingerprint density at radius 1 is 1.08 bits per heavy atom. The SMILES string of the molecule is CC/C=C(C)/C=C(\CCC)c1cc2nc(-n3cc(-c4cccc(C)c4)cn3)nc(N3CCOCC3)c2o1. The number of morpholine rings is 1. The van der Waals surface area contributed by atoms with Crippen molar-refractivity contribution in [3.05, 3.63) is 71.8 Å². The first kappa shape index (κ1) is 25.0. The maximum absolute atomic E-state index is 6.49. The Kier molecular flexibility index (Phi) is 7.51. The van der Waals surface area contributed by atoms with E-state index in [1.54, 1.807) is 4.68 Å². The van der Waals surface area contributed by atoms with E-state index >= 15 is 0 Å². The van der Waals surface area contributed by atoms with Gasteiger partial charge in [0, 0.05) is 30.9 Å². The van der Waals surface area contributed by atoms with E-state index in [0.717, 1.165) is 60.6 Å². The minimum absolute atomic E-state index is 0.531. The fraction of sp³-hybridized carbons (Fsp3) is 0.367. The van der Waals surface area contributed by atoms with Crippen LogP contribution in [0.5, 0.6) is 0 Å². The number of allylic oxidation sites excluding steroid dienone is 4. The van der Waals surface area contributed by atoms with Crippen LogP contribution in [0.1, 0.15) is 51.4 Å². The molecule has 1 aliphatic heterocycles. The van der Waals surface area contributed by atoms with Gasteiger partial charge >= 0.3 is 0 Å². The molecule has 0 atom stereocenters. The number of nitrogens with zero attached hydrogens (tertiary/aromatic N) is 5. The van der Waals surface area contributed by atoms with E-state index < -0.39 is 0 Å². The van der Waals surface area contributed by atoms with Crippen molar-refractivity contribution in [1.82, 2.24) is 19.7 Å². The van der Waals surface area contributed by atoms with Crippen molar-refractivity contribution in [1.29, 1.82) is 0 Å². The molecule has 0 unspecified atom stereocenters. The summed E-state index contributed by atoms with van der Waals surface area (Å²) in [5.74, 6) is 2.17. The van der Waals surface area contributed by atoms with E-state index in [9.17, 15) is 0 Å². The van der Waals surface area contributed by atoms with Crippen LogP contribution in [-0.4, -0.2) is 46.1 Å². The van der Waals surface area contributed by atoms with Gasteiger partial charge in [-0.15, -0.1) is 0 Å². The summed E-state index contributed by atoms with van der Waals surface area (Å²) in [6, 6.07) is 10.5. The number of fused-ring (bicyclic) bond motifs is 1. The zero-order chi connectivity index (χ0) is 25.8. The number of aryl methyl sites for hydroxylation is 1. The van der Waals surface area contributed by atoms with Crippen LogP contribution in [0.15, 0.2) is 64.9 Å². The van der Waals surface area contributed by atoms with Gasteiger partial charge < -0.3 is 14.1 Å². The molecule has 3 aromatic heterocycles. The van der Waals surface area contributed by atoms with Crippen molar-refractivity contribution < 1.29 is 9.15 Å². The highest BCUT2D eigenvalue weighted by Gasteiger charge is 2.22. The number of hydrogen-bond acceptors (Lipinski definition) is 6. The van der Waals surface area contributed by atoms with E-state index in [4.69, 9.17) is 19.1 Å². The molecule has 0 radical (unpaired) electrons. The summed E-state index contributed by atoms with van der Waals surface area (Å²) in [7, 11) is 0. The highest BCUT2D eigenvalue weighted by atomic mass is 16.5. The van der Waals surface area contributed by atoms with E-state index in [2.05, 4.69) is 80.2 Å². The van der Waals surface area contributed by atoms with Gasteiger partial charge in [0.2, 0.25) is 0 Å². The normalized spacial score (nSPS) is 15.1. The zero-order valence-corrected chi connectivity index (χ0v) is 22.2. The van der Waals surface area contributed by atoms with Crippen molar-refractivity contribution >= 4 is 22.5 Å². The number of furan rings is 1. The number of aromatic nitrogens is 4. The largest absolute Gasteiger partial charge is 0.451 e. The summed E-state index contributed by atoms with van der Waals surface area (Å²) in [6.07, 6.45) is 11.3. The van der Waals surface area contributed by atoms with Crippen LogP contribution in [-0.2, 0) is 4.74 Å². The van der Waals surface area contributed by atoms with Gasteiger partial charge in [0.25, 0.3) is 5.95 Å². The Hall–Kier alpha value is -3.71. The van der Waals surface area contributed by atoms with Crippen LogP contribution in [0.25, 0.3) is 33.7 Å². The minimum atomic E-state index is 0.531. The fourth-order valence-corrected chi connectivity index (χ4v) is 4.75. The summed E-state index contributed by atoms with van der Waals surface area (Å²) in [5.41, 5.74) is 7.28. The summed E-state index contributed by atoms with van der Waals surface area (Å²) >= 11 is 0. The van der Waals surface area contributed by atoms with Crippen molar-refractivity contribution in [3.63, 3.8) is 0 Å². The monoisotopic (exact) mass is 497 g/mol. The molecular formula is C30H35N5O2. The van der Waals surface area contributed by atoms with Crippen LogP contribution < -0.4 is 4.90 Å². The lowest BCUT2D eigenvalue weighted by molar-refractivity contribution is 0.122. The zero-order valence-electron chi connectivity index (χ0n) is 22.2. The lowest BCUT2D eigenvalue weighted by Crippen LogP contribution is -2.37. The first-order valence-electron chi connectivity index (χ1n) is 13.2. The lowest BCUT2D eigenvalue weighted by atomic mass is 10.0. The Balaban J connectivity index is 1.61. The molecule has 7 heteroatoms. The molecule has 4 heterocycles. The highest BCUT2D eigenvalue weighted by molar-refractivity contribution is 5.88. The second-order valence-electron chi connectivity index (χ2n) is 9.59. The predicted molar refractivity (Wildman–Crippen MR) is 149 cm³/mol. The third kappa shape index (κ3) is 5.52. The standard InChI is InChI=1S/C30H35N5O2/c1-5-8-21(3)17-24(9-6-2)27-18-26-28(37-27)29(34-12-14-36-15-13-34)33-30(32-26)35-20-25(19-31-35)23-11-7-10-22(4)16-23/h7-8,10-11,16-20H,5-6,9,12-15H2,1-4H3/b21-8+,24-17+. The topological polar surface area (TPSA) is 69.2 Å². The fourth-order valence-electron chi connectivity index (χ4n) is 4.75. The van der Waals surface area contributed by atoms with Crippen molar-refractivity contribution in [3.8, 4) is 17.1 Å². The smallest absolute Gasteiger partial charge is 0.253 e. The third-order valence-electron chi connectivity index (χ3n) is 6.56. The quantitative estimate of drug-likeness (QED) is 0.251. The predicted octanol–water partition coefficient (Wildman–Crippen LogP) is 6.76. The average molecular weight is 498 g/mol. The number of ether oxygens (including phenoxy) is 1. The van der Waals surface area contributed by atoms with Crippen molar-refractivity contribution in [2.45, 2.75) is 47.0 Å². The van der Waals surface area contributed by atoms with E-state index in [1.807, 2.05) is 12.4 Å². The summed E-state index contributed by atoms with van der Waals surface area (Å²) in [5, 5.41) is 4.62. The van der Waals surface area contributed by atoms with E-state index in [1.165, 1.54) is 16.7 Å². The average Bonchev–Trinajstić information content (AvgIpc) is 3.56. The van der Waals surface area contributed by atoms with Crippen LogP contribution in [0.2, 0.25) is 0 Å². The molecule has 0 amide bonds. The van der Waals surface area contributed by atoms with Crippen molar-refractivity contribution in [2.75, 3.05) is 31.2 Å². The lowest BCUT2D eigenvalue weighted by Gasteiger charge is -2.27. The van der Waals surface area contributed by atoms with Gasteiger partial charge in [0.05, 0.1) is 19.4 Å². The highest BCUT2D eigenvalue weighted by Crippen LogP contribution is 2.33. The molecule has 0 N–H and O–H groups in total. The Morgan fingerprint density at radius 2 is 1.92 bits per heavy atom. The molecule has 1 aromatic carbocycles. The van der Waals surface area contributed by atoms with Crippen molar-refractivity contribution in [2.24, 2.45) is 0 Å². The van der Waals surface area contributed by atoms with E-state index in [-0.39, 0.29) is 0 Å². The number of anilines is 1. The molecule has 7 nitrogen and oxygen atoms in total. The summed E-state index contributed by atoms with van der Waals surface area (Å²) in [4.78, 5) is 12.1. The van der Waals surface area contributed by atoms with Gasteiger partial charge in [0.15, 0.2) is 11.4 Å². The first-order chi connectivity index (χ1) is 18.1. The van der Waals surface area contributed by atoms with E-state index in [0.29, 0.717) is 24.7 Å². The van der Waals surface area contributed by atoms with Crippen LogP contribution in [0.4, 0.5) is 5.82 Å². The minimum Gasteiger partial charge on any atom is -0.451 e. The Bertz CT molecular complexity index is 1440. The molecule has 1 aliphatic rings. The molecule has 4 aromatic rings. The maximum Gasteiger partial charge on any atom is 0.253 e. The maximum atomic E-state index is 6.49. The molecule has 37 heavy (non-hydrogen) atoms. The van der Waals surface area contributed by atoms with Crippen LogP contribution >= 0.6 is 0 Å². The van der Waals surface area contributed by atoms with Crippen LogP contribution in [0, 0.1) is 6.92 Å². The van der Waals surface area contributed by atoms with Gasteiger partial charge in [-0.3, -0.25) is 0 Å². The molecule has 1 saturated heterocycles. The number of benzene rings is 1. The number of hydrogen-bond donors (Lipinski definition) is 0. The summed E-state index contributed by atoms with van der Waals surface area (Å²) in [6.45, 7) is 11.4. The first-order valence-corrected chi connectivity index (χ1v) is 13.2. The second-order valence-corrected chi connectivity index (χ2v) is 9.59. The molecule has 0 saturated carbocycles. The Labute approximate surface area is 218 Å². The molecule has 0 bridgehead atoms. The van der Waals surface area contributed by atoms with Gasteiger partial charge in [-0.2, -0.15) is 10.1 Å². The Morgan fingerprint density at radius 3 is 2.68 bits per heavy atom. The van der Waals surface area contributed by atoms with Gasteiger partial charge in [-0.05, 0) is 37.8 Å². The molecule has 192 valence electrons. The molecule has 0 spiro atoms.